The summed E-state index contributed by atoms with van der Waals surface area (Å²) in [4.78, 5) is 27.1. The summed E-state index contributed by atoms with van der Waals surface area (Å²) in [6.07, 6.45) is 0.980. The average molecular weight is 409 g/mol. The highest BCUT2D eigenvalue weighted by Crippen LogP contribution is 2.26. The Hall–Kier alpha value is -2.17. The molecule has 0 bridgehead atoms. The number of carbonyl (C=O) groups excluding carboxylic acids is 2. The number of nitrogens with one attached hydrogen (secondary N) is 2. The number of hydrogen-bond donors (Lipinski definition) is 4. The minimum atomic E-state index is -1.71. The van der Waals surface area contributed by atoms with Gasteiger partial charge in [-0.05, 0) is 43.0 Å². The number of ether oxygens (including phenoxy) is 1. The Morgan fingerprint density at radius 2 is 1.93 bits per heavy atom. The van der Waals surface area contributed by atoms with Crippen LogP contribution in [0.25, 0.3) is 0 Å². The van der Waals surface area contributed by atoms with Crippen molar-refractivity contribution in [1.29, 1.82) is 0 Å². The maximum absolute atomic E-state index is 13.1. The molecule has 2 rings (SSSR count). The molecule has 0 aromatic heterocycles. The summed E-state index contributed by atoms with van der Waals surface area (Å²) in [6.45, 7) is 4.39. The van der Waals surface area contributed by atoms with Crippen molar-refractivity contribution < 1.29 is 28.8 Å². The number of carbonyl (C=O) groups is 2. The van der Waals surface area contributed by atoms with Gasteiger partial charge in [0, 0.05) is 19.3 Å². The van der Waals surface area contributed by atoms with Gasteiger partial charge in [0.1, 0.15) is 17.9 Å². The van der Waals surface area contributed by atoms with E-state index < -0.39 is 31.1 Å². The van der Waals surface area contributed by atoms with E-state index >= 15 is 0 Å². The third-order valence-corrected chi connectivity index (χ3v) is 4.86. The van der Waals surface area contributed by atoms with E-state index in [1.54, 1.807) is 12.1 Å². The molecule has 160 valence electrons. The van der Waals surface area contributed by atoms with Gasteiger partial charge in [0.05, 0.1) is 12.5 Å². The minimum Gasteiger partial charge on any atom is -0.426 e. The molecule has 10 heteroatoms. The number of nitrogens with zero attached hydrogens (tertiary/aromatic N) is 1. The molecule has 1 aliphatic rings. The largest absolute Gasteiger partial charge is 0.475 e. The number of methoxy groups -OCH3 is 1. The van der Waals surface area contributed by atoms with Gasteiger partial charge in [-0.3, -0.25) is 9.59 Å². The molecular weight excluding hydrogens is 380 g/mol. The molecule has 1 heterocycles. The molecule has 2 amide bonds. The molecule has 3 unspecified atom stereocenters. The lowest BCUT2D eigenvalue weighted by Gasteiger charge is -2.42. The maximum atomic E-state index is 13.1. The molecule has 1 aliphatic heterocycles. The molecule has 29 heavy (non-hydrogen) atoms. The summed E-state index contributed by atoms with van der Waals surface area (Å²) in [5.74, 6) is -1.96. The zero-order valence-electron chi connectivity index (χ0n) is 17.0. The molecule has 1 saturated heterocycles. The monoisotopic (exact) mass is 409 g/mol. The van der Waals surface area contributed by atoms with Crippen LogP contribution in [0, 0.1) is 11.7 Å². The van der Waals surface area contributed by atoms with E-state index in [1.165, 1.54) is 19.2 Å². The second-order valence-electron chi connectivity index (χ2n) is 7.65. The summed E-state index contributed by atoms with van der Waals surface area (Å²) in [5.41, 5.74) is 0.728. The molecule has 0 aliphatic carbocycles. The summed E-state index contributed by atoms with van der Waals surface area (Å²) in [5, 5.41) is 24.3. The van der Waals surface area contributed by atoms with Gasteiger partial charge in [-0.2, -0.15) is 0 Å². The van der Waals surface area contributed by atoms with E-state index in [4.69, 9.17) is 4.74 Å². The molecule has 1 aromatic rings. The van der Waals surface area contributed by atoms with Crippen LogP contribution in [-0.2, 0) is 14.3 Å². The fourth-order valence-electron chi connectivity index (χ4n) is 3.27. The van der Waals surface area contributed by atoms with Gasteiger partial charge in [-0.15, -0.1) is 0 Å². The highest BCUT2D eigenvalue weighted by Gasteiger charge is 2.37. The molecule has 1 fully saturated rings. The SMILES string of the molecule is COCC(NC(=O)C1CCN1c1ccc(F)cc1)C(=O)NC(CC(C)C)B(O)O. The van der Waals surface area contributed by atoms with E-state index in [9.17, 15) is 24.0 Å². The molecule has 0 saturated carbocycles. The van der Waals surface area contributed by atoms with Crippen LogP contribution >= 0.6 is 0 Å². The fraction of sp³-hybridized carbons (Fsp3) is 0.579. The molecule has 8 nitrogen and oxygen atoms in total. The van der Waals surface area contributed by atoms with Crippen molar-refractivity contribution in [3.8, 4) is 0 Å². The molecule has 1 aromatic carbocycles. The first-order valence-electron chi connectivity index (χ1n) is 9.71. The lowest BCUT2D eigenvalue weighted by Crippen LogP contribution is -2.61. The van der Waals surface area contributed by atoms with Crippen LogP contribution in [0.5, 0.6) is 0 Å². The van der Waals surface area contributed by atoms with Gasteiger partial charge in [-0.1, -0.05) is 13.8 Å². The van der Waals surface area contributed by atoms with E-state index in [0.29, 0.717) is 19.4 Å². The fourth-order valence-corrected chi connectivity index (χ4v) is 3.27. The topological polar surface area (TPSA) is 111 Å². The number of anilines is 1. The Morgan fingerprint density at radius 1 is 1.28 bits per heavy atom. The number of amides is 2. The van der Waals surface area contributed by atoms with Crippen molar-refractivity contribution in [2.45, 2.75) is 44.7 Å². The number of halogens is 1. The Morgan fingerprint density at radius 3 is 2.41 bits per heavy atom. The van der Waals surface area contributed by atoms with E-state index in [1.807, 2.05) is 18.7 Å². The Balaban J connectivity index is 2.00. The van der Waals surface area contributed by atoms with Crippen molar-refractivity contribution in [1.82, 2.24) is 10.6 Å². The van der Waals surface area contributed by atoms with Crippen LogP contribution in [0.15, 0.2) is 24.3 Å². The van der Waals surface area contributed by atoms with E-state index in [-0.39, 0.29) is 24.2 Å². The van der Waals surface area contributed by atoms with Gasteiger partial charge in [-0.25, -0.2) is 4.39 Å². The van der Waals surface area contributed by atoms with Crippen molar-refractivity contribution in [3.05, 3.63) is 30.1 Å². The standard InChI is InChI=1S/C19H29BFN3O5/c1-12(2)10-17(20(27)28)23-18(25)15(11-29-3)22-19(26)16-8-9-24(16)14-6-4-13(21)5-7-14/h4-7,12,15-17,27-28H,8-11H2,1-3H3,(H,22,26)(H,23,25). The lowest BCUT2D eigenvalue weighted by atomic mass is 9.75. The number of benzene rings is 1. The first-order chi connectivity index (χ1) is 13.7. The van der Waals surface area contributed by atoms with Gasteiger partial charge in [0.25, 0.3) is 0 Å². The summed E-state index contributed by atoms with van der Waals surface area (Å²) >= 11 is 0. The quantitative estimate of drug-likeness (QED) is 0.408. The number of hydrogen-bond acceptors (Lipinski definition) is 6. The van der Waals surface area contributed by atoms with E-state index in [0.717, 1.165) is 5.69 Å². The zero-order chi connectivity index (χ0) is 21.6. The van der Waals surface area contributed by atoms with Gasteiger partial charge in [0.15, 0.2) is 0 Å². The normalized spacial score (nSPS) is 18.0. The molecular formula is C19H29BFN3O5. The summed E-state index contributed by atoms with van der Waals surface area (Å²) < 4.78 is 18.2. The van der Waals surface area contributed by atoms with Gasteiger partial charge >= 0.3 is 7.12 Å². The second kappa shape index (κ2) is 10.6. The van der Waals surface area contributed by atoms with Crippen molar-refractivity contribution in [2.75, 3.05) is 25.2 Å². The zero-order valence-corrected chi connectivity index (χ0v) is 17.0. The average Bonchev–Trinajstić information content (AvgIpc) is 2.61. The Bertz CT molecular complexity index is 689. The van der Waals surface area contributed by atoms with Crippen LogP contribution in [0.4, 0.5) is 10.1 Å². The molecule has 4 N–H and O–H groups in total. The predicted molar refractivity (Wildman–Crippen MR) is 108 cm³/mol. The smallest absolute Gasteiger partial charge is 0.426 e. The molecule has 0 spiro atoms. The minimum absolute atomic E-state index is 0.0588. The first-order valence-corrected chi connectivity index (χ1v) is 9.71. The van der Waals surface area contributed by atoms with Crippen LogP contribution in [0.3, 0.4) is 0 Å². The Kier molecular flexibility index (Phi) is 8.42. The van der Waals surface area contributed by atoms with Crippen LogP contribution in [0.2, 0.25) is 0 Å². The van der Waals surface area contributed by atoms with Crippen molar-refractivity contribution in [3.63, 3.8) is 0 Å². The van der Waals surface area contributed by atoms with Crippen LogP contribution < -0.4 is 15.5 Å². The second-order valence-corrected chi connectivity index (χ2v) is 7.65. The highest BCUT2D eigenvalue weighted by atomic mass is 19.1. The van der Waals surface area contributed by atoms with Crippen molar-refractivity contribution >= 4 is 24.6 Å². The lowest BCUT2D eigenvalue weighted by molar-refractivity contribution is -0.131. The highest BCUT2D eigenvalue weighted by molar-refractivity contribution is 6.43. The molecule has 0 radical (unpaired) electrons. The summed E-state index contributed by atoms with van der Waals surface area (Å²) in [6, 6.07) is 4.43. The summed E-state index contributed by atoms with van der Waals surface area (Å²) in [7, 11) is -0.298. The van der Waals surface area contributed by atoms with E-state index in [2.05, 4.69) is 10.6 Å². The predicted octanol–water partition coefficient (Wildman–Crippen LogP) is 0.0785. The van der Waals surface area contributed by atoms with Crippen LogP contribution in [0.1, 0.15) is 26.7 Å². The maximum Gasteiger partial charge on any atom is 0.475 e. The van der Waals surface area contributed by atoms with Gasteiger partial charge in [0.2, 0.25) is 11.8 Å². The molecule has 3 atom stereocenters. The number of rotatable bonds is 10. The first kappa shape index (κ1) is 23.1. The Labute approximate surface area is 170 Å². The third-order valence-electron chi connectivity index (χ3n) is 4.86. The van der Waals surface area contributed by atoms with Crippen LogP contribution in [-0.4, -0.2) is 67.3 Å². The van der Waals surface area contributed by atoms with Gasteiger partial charge < -0.3 is 30.3 Å². The van der Waals surface area contributed by atoms with Crippen molar-refractivity contribution in [2.24, 2.45) is 5.92 Å². The third kappa shape index (κ3) is 6.41.